The summed E-state index contributed by atoms with van der Waals surface area (Å²) in [7, 11) is 0. The lowest BCUT2D eigenvalue weighted by Crippen LogP contribution is -2.44. The number of aryl methyl sites for hydroxylation is 2. The fourth-order valence-corrected chi connectivity index (χ4v) is 4.41. The number of anilines is 1. The van der Waals surface area contributed by atoms with Gasteiger partial charge in [-0.2, -0.15) is 0 Å². The SMILES string of the molecule is CCOC(=O)[C@@H]1CCCN(C(=O)Nc2nc3c(s2)CCCCC3)C1. The molecule has 1 aliphatic carbocycles. The van der Waals surface area contributed by atoms with Gasteiger partial charge >= 0.3 is 12.0 Å². The number of thiazole rings is 1. The van der Waals surface area contributed by atoms with E-state index in [-0.39, 0.29) is 17.9 Å². The molecule has 1 atom stereocenters. The van der Waals surface area contributed by atoms with Gasteiger partial charge in [-0.05, 0) is 45.4 Å². The molecule has 7 heteroatoms. The van der Waals surface area contributed by atoms with Gasteiger partial charge in [0, 0.05) is 18.0 Å². The fraction of sp³-hybridized carbons (Fsp3) is 0.706. The zero-order chi connectivity index (χ0) is 16.9. The first kappa shape index (κ1) is 17.2. The summed E-state index contributed by atoms with van der Waals surface area (Å²) >= 11 is 1.59. The van der Waals surface area contributed by atoms with E-state index in [1.807, 2.05) is 0 Å². The molecule has 3 rings (SSSR count). The molecule has 1 aromatic heterocycles. The molecule has 1 aromatic rings. The molecule has 1 N–H and O–H groups in total. The van der Waals surface area contributed by atoms with Crippen LogP contribution in [0.4, 0.5) is 9.93 Å². The number of nitrogens with one attached hydrogen (secondary N) is 1. The van der Waals surface area contributed by atoms with Crippen LogP contribution in [0.25, 0.3) is 0 Å². The van der Waals surface area contributed by atoms with E-state index in [1.54, 1.807) is 23.2 Å². The van der Waals surface area contributed by atoms with E-state index >= 15 is 0 Å². The van der Waals surface area contributed by atoms with E-state index in [2.05, 4.69) is 10.3 Å². The van der Waals surface area contributed by atoms with Gasteiger partial charge in [0.05, 0.1) is 18.2 Å². The number of nitrogens with zero attached hydrogens (tertiary/aromatic N) is 2. The maximum atomic E-state index is 12.5. The molecule has 2 heterocycles. The normalized spacial score (nSPS) is 20.9. The molecule has 0 aromatic carbocycles. The maximum absolute atomic E-state index is 12.5. The molecule has 0 saturated carbocycles. The second-order valence-corrected chi connectivity index (χ2v) is 7.50. The number of likely N-dealkylation sites (tertiary alicyclic amines) is 1. The number of aromatic nitrogens is 1. The summed E-state index contributed by atoms with van der Waals surface area (Å²) < 4.78 is 5.09. The lowest BCUT2D eigenvalue weighted by Gasteiger charge is -2.31. The third-order valence-electron chi connectivity index (χ3n) is 4.64. The Hall–Kier alpha value is -1.63. The molecule has 0 unspecified atom stereocenters. The number of esters is 1. The van der Waals surface area contributed by atoms with Crippen LogP contribution in [0.1, 0.15) is 49.6 Å². The van der Waals surface area contributed by atoms with Crippen molar-refractivity contribution in [2.45, 2.75) is 51.9 Å². The second-order valence-electron chi connectivity index (χ2n) is 6.42. The number of ether oxygens (including phenoxy) is 1. The van der Waals surface area contributed by atoms with Crippen LogP contribution in [-0.2, 0) is 22.4 Å². The number of carbonyl (C=O) groups excluding carboxylic acids is 2. The number of amides is 2. The topological polar surface area (TPSA) is 71.5 Å². The summed E-state index contributed by atoms with van der Waals surface area (Å²) in [5.74, 6) is -0.409. The average Bonchev–Trinajstić information content (AvgIpc) is 2.83. The summed E-state index contributed by atoms with van der Waals surface area (Å²) in [5, 5.41) is 3.61. The molecular weight excluding hydrogens is 326 g/mol. The molecule has 2 amide bonds. The molecule has 1 fully saturated rings. The van der Waals surface area contributed by atoms with E-state index in [0.717, 1.165) is 31.4 Å². The molecule has 132 valence electrons. The number of rotatable bonds is 3. The number of hydrogen-bond acceptors (Lipinski definition) is 5. The monoisotopic (exact) mass is 351 g/mol. The predicted octanol–water partition coefficient (Wildman–Crippen LogP) is 3.22. The first-order chi connectivity index (χ1) is 11.7. The summed E-state index contributed by atoms with van der Waals surface area (Å²) in [6.45, 7) is 3.28. The van der Waals surface area contributed by atoms with Crippen LogP contribution < -0.4 is 5.32 Å². The van der Waals surface area contributed by atoms with Crippen LogP contribution in [-0.4, -0.2) is 41.6 Å². The molecule has 0 bridgehead atoms. The number of urea groups is 1. The minimum atomic E-state index is -0.211. The first-order valence-corrected chi connectivity index (χ1v) is 9.70. The van der Waals surface area contributed by atoms with Crippen LogP contribution >= 0.6 is 11.3 Å². The Labute approximate surface area is 146 Å². The Balaban J connectivity index is 1.59. The van der Waals surface area contributed by atoms with Gasteiger partial charge in [-0.25, -0.2) is 9.78 Å². The van der Waals surface area contributed by atoms with Gasteiger partial charge in [0.2, 0.25) is 0 Å². The zero-order valence-corrected chi connectivity index (χ0v) is 15.0. The lowest BCUT2D eigenvalue weighted by atomic mass is 9.98. The van der Waals surface area contributed by atoms with Crippen molar-refractivity contribution in [2.75, 3.05) is 25.0 Å². The Morgan fingerprint density at radius 2 is 2.12 bits per heavy atom. The third-order valence-corrected chi connectivity index (χ3v) is 5.71. The van der Waals surface area contributed by atoms with Crippen molar-refractivity contribution in [3.05, 3.63) is 10.6 Å². The van der Waals surface area contributed by atoms with Gasteiger partial charge in [-0.1, -0.05) is 6.42 Å². The van der Waals surface area contributed by atoms with Gasteiger partial charge in [-0.3, -0.25) is 10.1 Å². The standard InChI is InChI=1S/C17H25N3O3S/c1-2-23-15(21)12-7-6-10-20(11-12)17(22)19-16-18-13-8-4-3-5-9-14(13)24-16/h12H,2-11H2,1H3,(H,18,19,22)/t12-/m1/s1. The Morgan fingerprint density at radius 1 is 1.29 bits per heavy atom. The number of hydrogen-bond donors (Lipinski definition) is 1. The highest BCUT2D eigenvalue weighted by Gasteiger charge is 2.29. The van der Waals surface area contributed by atoms with Crippen molar-refractivity contribution in [3.8, 4) is 0 Å². The van der Waals surface area contributed by atoms with Gasteiger partial charge in [-0.15, -0.1) is 11.3 Å². The van der Waals surface area contributed by atoms with E-state index in [9.17, 15) is 9.59 Å². The fourth-order valence-electron chi connectivity index (χ4n) is 3.37. The van der Waals surface area contributed by atoms with Gasteiger partial charge in [0.25, 0.3) is 0 Å². The Morgan fingerprint density at radius 3 is 2.96 bits per heavy atom. The first-order valence-electron chi connectivity index (χ1n) is 8.88. The van der Waals surface area contributed by atoms with Crippen LogP contribution in [0.15, 0.2) is 0 Å². The van der Waals surface area contributed by atoms with E-state index in [1.165, 1.54) is 24.1 Å². The molecule has 24 heavy (non-hydrogen) atoms. The van der Waals surface area contributed by atoms with Crippen LogP contribution in [0, 0.1) is 5.92 Å². The van der Waals surface area contributed by atoms with Crippen molar-refractivity contribution < 1.29 is 14.3 Å². The second kappa shape index (κ2) is 7.96. The van der Waals surface area contributed by atoms with Crippen molar-refractivity contribution in [1.82, 2.24) is 9.88 Å². The van der Waals surface area contributed by atoms with E-state index in [4.69, 9.17) is 4.74 Å². The summed E-state index contributed by atoms with van der Waals surface area (Å²) in [5.41, 5.74) is 1.15. The largest absolute Gasteiger partial charge is 0.466 e. The Kier molecular flexibility index (Phi) is 5.71. The predicted molar refractivity (Wildman–Crippen MR) is 93.3 cm³/mol. The van der Waals surface area contributed by atoms with Gasteiger partial charge in [0.1, 0.15) is 0 Å². The highest BCUT2D eigenvalue weighted by Crippen LogP contribution is 2.29. The van der Waals surface area contributed by atoms with Crippen LogP contribution in [0.3, 0.4) is 0 Å². The minimum absolute atomic E-state index is 0.159. The molecule has 0 radical (unpaired) electrons. The number of carbonyl (C=O) groups is 2. The van der Waals surface area contributed by atoms with Crippen molar-refractivity contribution in [2.24, 2.45) is 5.92 Å². The zero-order valence-electron chi connectivity index (χ0n) is 14.2. The van der Waals surface area contributed by atoms with Crippen molar-refractivity contribution >= 4 is 28.5 Å². The molecule has 1 aliphatic heterocycles. The average molecular weight is 351 g/mol. The summed E-state index contributed by atoms with van der Waals surface area (Å²) in [6.07, 6.45) is 7.33. The smallest absolute Gasteiger partial charge is 0.323 e. The van der Waals surface area contributed by atoms with Crippen LogP contribution in [0.5, 0.6) is 0 Å². The molecule has 1 saturated heterocycles. The third kappa shape index (κ3) is 4.06. The van der Waals surface area contributed by atoms with Crippen molar-refractivity contribution in [1.29, 1.82) is 0 Å². The Bertz CT molecular complexity index is 578. The summed E-state index contributed by atoms with van der Waals surface area (Å²) in [4.78, 5) is 32.0. The van der Waals surface area contributed by atoms with E-state index in [0.29, 0.717) is 24.8 Å². The van der Waals surface area contributed by atoms with Gasteiger partial charge < -0.3 is 9.64 Å². The molecular formula is C17H25N3O3S. The maximum Gasteiger partial charge on any atom is 0.323 e. The molecule has 6 nitrogen and oxygen atoms in total. The van der Waals surface area contributed by atoms with E-state index < -0.39 is 0 Å². The van der Waals surface area contributed by atoms with Crippen molar-refractivity contribution in [3.63, 3.8) is 0 Å². The highest BCUT2D eigenvalue weighted by atomic mass is 32.1. The molecule has 2 aliphatic rings. The molecule has 0 spiro atoms. The summed E-state index contributed by atoms with van der Waals surface area (Å²) in [6, 6.07) is -0.159. The highest BCUT2D eigenvalue weighted by molar-refractivity contribution is 7.15. The lowest BCUT2D eigenvalue weighted by molar-refractivity contribution is -0.149. The number of fused-ring (bicyclic) bond motifs is 1. The van der Waals surface area contributed by atoms with Gasteiger partial charge in [0.15, 0.2) is 5.13 Å². The van der Waals surface area contributed by atoms with Crippen LogP contribution in [0.2, 0.25) is 0 Å². The quantitative estimate of drug-likeness (QED) is 0.670. The minimum Gasteiger partial charge on any atom is -0.466 e. The number of piperidine rings is 1.